The fraction of sp³-hybridized carbons (Fsp3) is 0.353. The first kappa shape index (κ1) is 15.4. The lowest BCUT2D eigenvalue weighted by Gasteiger charge is -2.26. The largest absolute Gasteiger partial charge is 0.393 e. The second-order valence-electron chi connectivity index (χ2n) is 6.17. The van der Waals surface area contributed by atoms with Gasteiger partial charge in [-0.05, 0) is 43.4 Å². The van der Waals surface area contributed by atoms with E-state index in [4.69, 9.17) is 11.6 Å². The summed E-state index contributed by atoms with van der Waals surface area (Å²) in [5.74, 6) is 0.747. The number of rotatable bonds is 3. The molecule has 0 aromatic carbocycles. The standard InChI is InChI=1S/C17H18ClN5O/c18-14-7-10(13-9-21-17-16(13)19-5-6-20-17)8-15(23-14)22-11-1-3-12(24)4-2-11/h5-9,11-12,24H,1-4H2,(H,20,21)(H,22,23). The number of hydrogen-bond donors (Lipinski definition) is 3. The van der Waals surface area contributed by atoms with E-state index in [1.165, 1.54) is 0 Å². The minimum atomic E-state index is -0.171. The second-order valence-corrected chi connectivity index (χ2v) is 6.56. The van der Waals surface area contributed by atoms with Gasteiger partial charge in [-0.15, -0.1) is 0 Å². The van der Waals surface area contributed by atoms with Crippen LogP contribution < -0.4 is 5.32 Å². The maximum atomic E-state index is 9.63. The number of aliphatic hydroxyl groups excluding tert-OH is 1. The van der Waals surface area contributed by atoms with Crippen molar-refractivity contribution in [2.75, 3.05) is 5.32 Å². The van der Waals surface area contributed by atoms with Crippen LogP contribution in [0.2, 0.25) is 5.15 Å². The van der Waals surface area contributed by atoms with Crippen LogP contribution in [0.3, 0.4) is 0 Å². The molecule has 0 bridgehead atoms. The first-order valence-electron chi connectivity index (χ1n) is 8.10. The van der Waals surface area contributed by atoms with Gasteiger partial charge in [-0.25, -0.2) is 9.97 Å². The van der Waals surface area contributed by atoms with Crippen LogP contribution in [0.4, 0.5) is 5.82 Å². The van der Waals surface area contributed by atoms with Gasteiger partial charge in [-0.3, -0.25) is 4.98 Å². The van der Waals surface area contributed by atoms with Crippen molar-refractivity contribution in [3.8, 4) is 11.1 Å². The topological polar surface area (TPSA) is 86.7 Å². The predicted molar refractivity (Wildman–Crippen MR) is 94.0 cm³/mol. The lowest BCUT2D eigenvalue weighted by atomic mass is 9.93. The lowest BCUT2D eigenvalue weighted by molar-refractivity contribution is 0.126. The van der Waals surface area contributed by atoms with Crippen LogP contribution in [0, 0.1) is 0 Å². The SMILES string of the molecule is OC1CCC(Nc2cc(-c3c[nH]c4nccnc34)cc(Cl)n2)CC1. The number of pyridine rings is 1. The van der Waals surface area contributed by atoms with Gasteiger partial charge in [0.2, 0.25) is 0 Å². The van der Waals surface area contributed by atoms with Crippen molar-refractivity contribution in [2.24, 2.45) is 0 Å². The van der Waals surface area contributed by atoms with E-state index in [1.54, 1.807) is 12.4 Å². The van der Waals surface area contributed by atoms with Gasteiger partial charge in [0.25, 0.3) is 0 Å². The summed E-state index contributed by atoms with van der Waals surface area (Å²) in [5.41, 5.74) is 3.45. The van der Waals surface area contributed by atoms with Gasteiger partial charge in [0.05, 0.1) is 6.10 Å². The maximum absolute atomic E-state index is 9.63. The molecule has 0 spiro atoms. The highest BCUT2D eigenvalue weighted by Crippen LogP contribution is 2.30. The molecule has 1 aliphatic rings. The number of H-pyrrole nitrogens is 1. The van der Waals surface area contributed by atoms with Crippen molar-refractivity contribution in [1.29, 1.82) is 0 Å². The summed E-state index contributed by atoms with van der Waals surface area (Å²) in [5, 5.41) is 13.5. The first-order chi connectivity index (χ1) is 11.7. The third kappa shape index (κ3) is 3.07. The van der Waals surface area contributed by atoms with Crippen LogP contribution in [-0.2, 0) is 0 Å². The molecule has 0 aliphatic heterocycles. The summed E-state index contributed by atoms with van der Waals surface area (Å²) in [6, 6.07) is 4.12. The van der Waals surface area contributed by atoms with Crippen molar-refractivity contribution in [3.63, 3.8) is 0 Å². The monoisotopic (exact) mass is 343 g/mol. The molecule has 24 heavy (non-hydrogen) atoms. The van der Waals surface area contributed by atoms with Gasteiger partial charge in [0.1, 0.15) is 16.5 Å². The van der Waals surface area contributed by atoms with Gasteiger partial charge < -0.3 is 15.4 Å². The van der Waals surface area contributed by atoms with Gasteiger partial charge in [-0.1, -0.05) is 11.6 Å². The van der Waals surface area contributed by atoms with E-state index in [0.29, 0.717) is 11.2 Å². The summed E-state index contributed by atoms with van der Waals surface area (Å²) in [6.45, 7) is 0. The zero-order valence-electron chi connectivity index (χ0n) is 13.0. The van der Waals surface area contributed by atoms with E-state index in [9.17, 15) is 5.11 Å². The zero-order chi connectivity index (χ0) is 16.5. The Kier molecular flexibility index (Phi) is 4.08. The fourth-order valence-corrected chi connectivity index (χ4v) is 3.43. The van der Waals surface area contributed by atoms with Crippen molar-refractivity contribution in [1.82, 2.24) is 19.9 Å². The molecule has 3 heterocycles. The smallest absolute Gasteiger partial charge is 0.156 e. The summed E-state index contributed by atoms with van der Waals surface area (Å²) >= 11 is 6.22. The second kappa shape index (κ2) is 6.37. The van der Waals surface area contributed by atoms with E-state index in [-0.39, 0.29) is 6.10 Å². The Balaban J connectivity index is 1.64. The van der Waals surface area contributed by atoms with Gasteiger partial charge in [0.15, 0.2) is 5.65 Å². The van der Waals surface area contributed by atoms with Crippen LogP contribution >= 0.6 is 11.6 Å². The molecule has 3 aromatic rings. The molecule has 4 rings (SSSR count). The van der Waals surface area contributed by atoms with Crippen LogP contribution in [-0.4, -0.2) is 37.2 Å². The average molecular weight is 344 g/mol. The third-order valence-corrected chi connectivity index (χ3v) is 4.65. The number of aromatic nitrogens is 4. The molecule has 0 amide bonds. The Morgan fingerprint density at radius 3 is 2.75 bits per heavy atom. The van der Waals surface area contributed by atoms with Crippen LogP contribution in [0.5, 0.6) is 0 Å². The third-order valence-electron chi connectivity index (χ3n) is 4.46. The molecular formula is C17H18ClN5O. The van der Waals surface area contributed by atoms with Crippen molar-refractivity contribution in [3.05, 3.63) is 35.9 Å². The number of nitrogens with zero attached hydrogens (tertiary/aromatic N) is 3. The van der Waals surface area contributed by atoms with Crippen LogP contribution in [0.1, 0.15) is 25.7 Å². The number of aromatic amines is 1. The Morgan fingerprint density at radius 2 is 1.92 bits per heavy atom. The Hall–Kier alpha value is -2.18. The summed E-state index contributed by atoms with van der Waals surface area (Å²) < 4.78 is 0. The summed E-state index contributed by atoms with van der Waals surface area (Å²) in [6.07, 6.45) is 8.56. The Labute approximate surface area is 144 Å². The normalized spacial score (nSPS) is 21.1. The van der Waals surface area contributed by atoms with Crippen LogP contribution in [0.15, 0.2) is 30.7 Å². The number of fused-ring (bicyclic) bond motifs is 1. The van der Waals surface area contributed by atoms with E-state index >= 15 is 0 Å². The Bertz CT molecular complexity index is 857. The quantitative estimate of drug-likeness (QED) is 0.634. The highest BCUT2D eigenvalue weighted by molar-refractivity contribution is 6.29. The minimum Gasteiger partial charge on any atom is -0.393 e. The van der Waals surface area contributed by atoms with E-state index in [1.807, 2.05) is 18.3 Å². The average Bonchev–Trinajstić information content (AvgIpc) is 3.01. The molecule has 3 N–H and O–H groups in total. The fourth-order valence-electron chi connectivity index (χ4n) is 3.23. The minimum absolute atomic E-state index is 0.171. The van der Waals surface area contributed by atoms with Gasteiger partial charge in [-0.2, -0.15) is 0 Å². The summed E-state index contributed by atoms with van der Waals surface area (Å²) in [7, 11) is 0. The van der Waals surface area contributed by atoms with Crippen molar-refractivity contribution >= 4 is 28.6 Å². The molecule has 1 saturated carbocycles. The van der Waals surface area contributed by atoms with Crippen molar-refractivity contribution < 1.29 is 5.11 Å². The number of nitrogens with one attached hydrogen (secondary N) is 2. The van der Waals surface area contributed by atoms with E-state index in [0.717, 1.165) is 53.8 Å². The van der Waals surface area contributed by atoms with E-state index < -0.39 is 0 Å². The molecule has 3 aromatic heterocycles. The Morgan fingerprint density at radius 1 is 1.12 bits per heavy atom. The molecule has 1 fully saturated rings. The number of hydrogen-bond acceptors (Lipinski definition) is 5. The molecule has 6 nitrogen and oxygen atoms in total. The zero-order valence-corrected chi connectivity index (χ0v) is 13.8. The summed E-state index contributed by atoms with van der Waals surface area (Å²) in [4.78, 5) is 16.2. The van der Waals surface area contributed by atoms with Crippen molar-refractivity contribution in [2.45, 2.75) is 37.8 Å². The highest BCUT2D eigenvalue weighted by Gasteiger charge is 2.20. The lowest BCUT2D eigenvalue weighted by Crippen LogP contribution is -2.28. The van der Waals surface area contributed by atoms with E-state index in [2.05, 4.69) is 25.3 Å². The molecular weight excluding hydrogens is 326 g/mol. The van der Waals surface area contributed by atoms with Gasteiger partial charge >= 0.3 is 0 Å². The van der Waals surface area contributed by atoms with Gasteiger partial charge in [0, 0.05) is 30.2 Å². The number of anilines is 1. The maximum Gasteiger partial charge on any atom is 0.156 e. The molecule has 0 unspecified atom stereocenters. The van der Waals surface area contributed by atoms with Crippen LogP contribution in [0.25, 0.3) is 22.3 Å². The molecule has 0 atom stereocenters. The molecule has 124 valence electrons. The highest BCUT2D eigenvalue weighted by atomic mass is 35.5. The first-order valence-corrected chi connectivity index (χ1v) is 8.47. The molecule has 0 saturated heterocycles. The molecule has 0 radical (unpaired) electrons. The molecule has 7 heteroatoms. The predicted octanol–water partition coefficient (Wildman–Crippen LogP) is 3.39. The number of aliphatic hydroxyl groups is 1. The molecule has 1 aliphatic carbocycles. The number of halogens is 1.